The van der Waals surface area contributed by atoms with Gasteiger partial charge in [-0.1, -0.05) is 13.8 Å². The molecule has 5 heteroatoms. The van der Waals surface area contributed by atoms with Gasteiger partial charge in [-0.2, -0.15) is 8.42 Å². The molecule has 0 unspecified atom stereocenters. The van der Waals surface area contributed by atoms with Crippen LogP contribution in [0.1, 0.15) is 26.7 Å². The molecular formula is C7H16O4S. The first-order valence-electron chi connectivity index (χ1n) is 4.15. The summed E-state index contributed by atoms with van der Waals surface area (Å²) in [5.74, 6) is 0. The lowest BCUT2D eigenvalue weighted by molar-refractivity contribution is 0.0969. The van der Waals surface area contributed by atoms with Crippen molar-refractivity contribution in [3.05, 3.63) is 0 Å². The Morgan fingerprint density at radius 3 is 1.92 bits per heavy atom. The van der Waals surface area contributed by atoms with Crippen LogP contribution in [0.25, 0.3) is 0 Å². The quantitative estimate of drug-likeness (QED) is 0.637. The van der Waals surface area contributed by atoms with Crippen LogP contribution >= 0.6 is 0 Å². The average molecular weight is 196 g/mol. The SMILES string of the molecule is CC.O=S(=O)(O)C1CCOCC1. The van der Waals surface area contributed by atoms with E-state index in [-0.39, 0.29) is 0 Å². The van der Waals surface area contributed by atoms with Gasteiger partial charge in [-0.15, -0.1) is 0 Å². The molecule has 1 fully saturated rings. The van der Waals surface area contributed by atoms with Gasteiger partial charge in [0.15, 0.2) is 0 Å². The molecule has 0 radical (unpaired) electrons. The Morgan fingerprint density at radius 1 is 1.25 bits per heavy atom. The predicted octanol–water partition coefficient (Wildman–Crippen LogP) is 1.08. The third-order valence-electron chi connectivity index (χ3n) is 1.59. The zero-order chi connectivity index (χ0) is 9.61. The molecule has 0 spiro atoms. The van der Waals surface area contributed by atoms with E-state index >= 15 is 0 Å². The lowest BCUT2D eigenvalue weighted by Gasteiger charge is -2.18. The largest absolute Gasteiger partial charge is 0.381 e. The van der Waals surface area contributed by atoms with Crippen LogP contribution in [0.15, 0.2) is 0 Å². The Balaban J connectivity index is 0.000000561. The Morgan fingerprint density at radius 2 is 1.67 bits per heavy atom. The lowest BCUT2D eigenvalue weighted by Crippen LogP contribution is -2.28. The van der Waals surface area contributed by atoms with Gasteiger partial charge in [-0.05, 0) is 12.8 Å². The molecule has 0 bridgehead atoms. The van der Waals surface area contributed by atoms with Crippen LogP contribution < -0.4 is 0 Å². The molecule has 0 atom stereocenters. The third-order valence-corrected chi connectivity index (χ3v) is 2.90. The normalized spacial score (nSPS) is 19.6. The van der Waals surface area contributed by atoms with E-state index in [2.05, 4.69) is 0 Å². The van der Waals surface area contributed by atoms with Crippen molar-refractivity contribution in [2.75, 3.05) is 13.2 Å². The number of hydrogen-bond acceptors (Lipinski definition) is 3. The van der Waals surface area contributed by atoms with Gasteiger partial charge in [-0.3, -0.25) is 4.55 Å². The molecule has 0 aromatic rings. The summed E-state index contributed by atoms with van der Waals surface area (Å²) in [5.41, 5.74) is 0. The van der Waals surface area contributed by atoms with Crippen LogP contribution in [0.3, 0.4) is 0 Å². The highest BCUT2D eigenvalue weighted by Gasteiger charge is 2.24. The number of ether oxygens (including phenoxy) is 1. The van der Waals surface area contributed by atoms with Gasteiger partial charge in [0, 0.05) is 13.2 Å². The van der Waals surface area contributed by atoms with E-state index in [1.165, 1.54) is 0 Å². The molecular weight excluding hydrogens is 180 g/mol. The van der Waals surface area contributed by atoms with Crippen molar-refractivity contribution in [1.82, 2.24) is 0 Å². The van der Waals surface area contributed by atoms with E-state index in [1.54, 1.807) is 0 Å². The Kier molecular flexibility index (Phi) is 5.44. The molecule has 1 aliphatic rings. The van der Waals surface area contributed by atoms with E-state index < -0.39 is 15.4 Å². The second-order valence-corrected chi connectivity index (χ2v) is 4.02. The Labute approximate surface area is 73.7 Å². The van der Waals surface area contributed by atoms with Crippen molar-refractivity contribution in [2.24, 2.45) is 0 Å². The van der Waals surface area contributed by atoms with Crippen molar-refractivity contribution in [3.63, 3.8) is 0 Å². The molecule has 1 N–H and O–H groups in total. The van der Waals surface area contributed by atoms with Crippen molar-refractivity contribution >= 4 is 10.1 Å². The second-order valence-electron chi connectivity index (χ2n) is 2.33. The van der Waals surface area contributed by atoms with Crippen LogP contribution in [0.4, 0.5) is 0 Å². The topological polar surface area (TPSA) is 63.6 Å². The predicted molar refractivity (Wildman–Crippen MR) is 46.7 cm³/mol. The Hall–Kier alpha value is -0.130. The van der Waals surface area contributed by atoms with Crippen LogP contribution in [0, 0.1) is 0 Å². The molecule has 0 aliphatic carbocycles. The van der Waals surface area contributed by atoms with Crippen molar-refractivity contribution in [1.29, 1.82) is 0 Å². The fourth-order valence-corrected chi connectivity index (χ4v) is 1.76. The molecule has 1 heterocycles. The maximum Gasteiger partial charge on any atom is 0.267 e. The summed E-state index contributed by atoms with van der Waals surface area (Å²) in [7, 11) is -3.81. The monoisotopic (exact) mass is 196 g/mol. The molecule has 1 saturated heterocycles. The van der Waals surface area contributed by atoms with Gasteiger partial charge in [0.25, 0.3) is 10.1 Å². The van der Waals surface area contributed by atoms with Crippen molar-refractivity contribution in [3.8, 4) is 0 Å². The molecule has 0 saturated carbocycles. The van der Waals surface area contributed by atoms with Gasteiger partial charge < -0.3 is 4.74 Å². The summed E-state index contributed by atoms with van der Waals surface area (Å²) in [6.45, 7) is 4.87. The average Bonchev–Trinajstić information content (AvgIpc) is 2.08. The molecule has 0 aromatic heterocycles. The second kappa shape index (κ2) is 5.50. The van der Waals surface area contributed by atoms with E-state index in [0.717, 1.165) is 0 Å². The fourth-order valence-electron chi connectivity index (χ4n) is 0.974. The minimum absolute atomic E-state index is 0.416. The summed E-state index contributed by atoms with van der Waals surface area (Å²) < 4.78 is 34.5. The minimum atomic E-state index is -3.81. The van der Waals surface area contributed by atoms with Gasteiger partial charge in [0.05, 0.1) is 5.25 Å². The standard InChI is InChI=1S/C5H10O4S.C2H6/c6-10(7,8)5-1-3-9-4-2-5;1-2/h5H,1-4H2,(H,6,7,8);1-2H3. The van der Waals surface area contributed by atoms with E-state index in [1.807, 2.05) is 13.8 Å². The maximum absolute atomic E-state index is 10.5. The molecule has 12 heavy (non-hydrogen) atoms. The van der Waals surface area contributed by atoms with E-state index in [0.29, 0.717) is 26.1 Å². The first-order valence-corrected chi connectivity index (χ1v) is 5.65. The molecule has 0 aromatic carbocycles. The number of rotatable bonds is 1. The lowest BCUT2D eigenvalue weighted by atomic mass is 10.2. The third kappa shape index (κ3) is 4.04. The smallest absolute Gasteiger partial charge is 0.267 e. The summed E-state index contributed by atoms with van der Waals surface area (Å²) in [5, 5.41) is -0.596. The van der Waals surface area contributed by atoms with Crippen LogP contribution in [0.2, 0.25) is 0 Å². The summed E-state index contributed by atoms with van der Waals surface area (Å²) in [6, 6.07) is 0. The zero-order valence-corrected chi connectivity index (χ0v) is 8.30. The minimum Gasteiger partial charge on any atom is -0.381 e. The molecule has 1 rings (SSSR count). The molecule has 4 nitrogen and oxygen atoms in total. The van der Waals surface area contributed by atoms with Crippen LogP contribution in [-0.2, 0) is 14.9 Å². The highest BCUT2D eigenvalue weighted by atomic mass is 32.2. The Bertz CT molecular complexity index is 191. The summed E-state index contributed by atoms with van der Waals surface area (Å²) in [4.78, 5) is 0. The first kappa shape index (κ1) is 11.9. The fraction of sp³-hybridized carbons (Fsp3) is 1.00. The van der Waals surface area contributed by atoms with Crippen LogP contribution in [0.5, 0.6) is 0 Å². The highest BCUT2D eigenvalue weighted by Crippen LogP contribution is 2.13. The summed E-state index contributed by atoms with van der Waals surface area (Å²) >= 11 is 0. The first-order chi connectivity index (χ1) is 5.61. The zero-order valence-electron chi connectivity index (χ0n) is 7.49. The van der Waals surface area contributed by atoms with Crippen molar-refractivity contribution in [2.45, 2.75) is 31.9 Å². The van der Waals surface area contributed by atoms with Crippen LogP contribution in [-0.4, -0.2) is 31.4 Å². The molecule has 0 amide bonds. The highest BCUT2D eigenvalue weighted by molar-refractivity contribution is 7.86. The number of hydrogen-bond donors (Lipinski definition) is 1. The summed E-state index contributed by atoms with van der Waals surface area (Å²) in [6.07, 6.45) is 0.831. The van der Waals surface area contributed by atoms with Gasteiger partial charge in [0.1, 0.15) is 0 Å². The van der Waals surface area contributed by atoms with E-state index in [9.17, 15) is 8.42 Å². The van der Waals surface area contributed by atoms with Gasteiger partial charge >= 0.3 is 0 Å². The van der Waals surface area contributed by atoms with Gasteiger partial charge in [0.2, 0.25) is 0 Å². The molecule has 1 aliphatic heterocycles. The maximum atomic E-state index is 10.5. The van der Waals surface area contributed by atoms with E-state index in [4.69, 9.17) is 9.29 Å². The molecule has 74 valence electrons. The van der Waals surface area contributed by atoms with Crippen molar-refractivity contribution < 1.29 is 17.7 Å². The van der Waals surface area contributed by atoms with Gasteiger partial charge in [-0.25, -0.2) is 0 Å².